The molecule has 43 heavy (non-hydrogen) atoms. The zero-order chi connectivity index (χ0) is 31.9. The van der Waals surface area contributed by atoms with E-state index in [1.807, 2.05) is 13.0 Å². The van der Waals surface area contributed by atoms with Crippen molar-refractivity contribution < 1.29 is 83.2 Å². The third-order valence-electron chi connectivity index (χ3n) is 8.92. The Morgan fingerprint density at radius 3 is 2.35 bits per heavy atom. The number of hydrogen-bond acceptors (Lipinski definition) is 3. The number of Topliss-reactive ketones (excluding diaryl/α,β-unsaturated/α-hetero) is 1. The Hall–Kier alpha value is 0.166. The Kier molecular flexibility index (Phi) is 22.0. The van der Waals surface area contributed by atoms with Crippen LogP contribution in [0.4, 0.5) is 17.6 Å². The van der Waals surface area contributed by atoms with Crippen LogP contribution in [0.5, 0.6) is 0 Å². The molecule has 3 nitrogen and oxygen atoms in total. The Bertz CT molecular complexity index is 875. The summed E-state index contributed by atoms with van der Waals surface area (Å²) in [5, 5.41) is 0. The predicted octanol–water partition coefficient (Wildman–Crippen LogP) is 6.99. The molecule has 0 aromatic heterocycles. The van der Waals surface area contributed by atoms with Crippen LogP contribution in [-0.4, -0.2) is 32.2 Å². The van der Waals surface area contributed by atoms with E-state index < -0.39 is 17.6 Å². The van der Waals surface area contributed by atoms with Crippen LogP contribution in [0.25, 0.3) is 0 Å². The second kappa shape index (κ2) is 21.9. The van der Waals surface area contributed by atoms with Crippen molar-refractivity contribution in [1.29, 1.82) is 0 Å². The maximum absolute atomic E-state index is 12.1. The number of rotatable bonds is 7. The molecule has 0 N–H and O–H groups in total. The van der Waals surface area contributed by atoms with Gasteiger partial charge in [-0.2, -0.15) is 37.6 Å². The van der Waals surface area contributed by atoms with Crippen LogP contribution < -0.4 is 51.4 Å². The zero-order valence-electron chi connectivity index (χ0n) is 28.0. The molecule has 1 heterocycles. The molecular formula is C35H55F4KO3-2. The largest absolute Gasteiger partial charge is 1.00 e. The predicted molar refractivity (Wildman–Crippen MR) is 162 cm³/mol. The van der Waals surface area contributed by atoms with Gasteiger partial charge >= 0.3 is 57.6 Å². The number of fused-ring (bicyclic) bond motifs is 1. The van der Waals surface area contributed by atoms with Crippen molar-refractivity contribution in [3.05, 3.63) is 49.0 Å². The van der Waals surface area contributed by atoms with Crippen molar-refractivity contribution in [2.24, 2.45) is 35.0 Å². The smallest absolute Gasteiger partial charge is 0.379 e. The van der Waals surface area contributed by atoms with Gasteiger partial charge in [0.05, 0.1) is 12.7 Å². The maximum Gasteiger partial charge on any atom is 1.00 e. The molecule has 4 rings (SSSR count). The minimum absolute atomic E-state index is 0. The van der Waals surface area contributed by atoms with Gasteiger partial charge in [-0.3, -0.25) is 4.79 Å². The van der Waals surface area contributed by atoms with Gasteiger partial charge in [-0.1, -0.05) is 53.0 Å². The third kappa shape index (κ3) is 15.5. The normalized spacial score (nSPS) is 26.8. The zero-order valence-corrected chi connectivity index (χ0v) is 31.1. The summed E-state index contributed by atoms with van der Waals surface area (Å²) in [6.07, 6.45) is 9.34. The molecule has 1 aromatic carbocycles. The second-order valence-corrected chi connectivity index (χ2v) is 12.7. The van der Waals surface area contributed by atoms with Crippen LogP contribution in [-0.2, 0) is 20.4 Å². The van der Waals surface area contributed by atoms with Crippen molar-refractivity contribution in [3.8, 4) is 0 Å². The first kappa shape index (κ1) is 43.2. The molecule has 3 aliphatic rings. The summed E-state index contributed by atoms with van der Waals surface area (Å²) in [6, 6.07) is 3.80. The number of alkyl halides is 3. The fraction of sp³-hybridized carbons (Fsp3) is 0.743. The van der Waals surface area contributed by atoms with Crippen LogP contribution in [0.1, 0.15) is 105 Å². The second-order valence-electron chi connectivity index (χ2n) is 12.7. The monoisotopic (exact) mass is 638 g/mol. The number of methoxy groups -OCH3 is 1. The summed E-state index contributed by atoms with van der Waals surface area (Å²) < 4.78 is 57.8. The molecular weight excluding hydrogens is 583 g/mol. The molecule has 3 fully saturated rings. The molecule has 8 heteroatoms. The quantitative estimate of drug-likeness (QED) is 0.140. The first-order chi connectivity index (χ1) is 19.7. The summed E-state index contributed by atoms with van der Waals surface area (Å²) in [5.74, 6) is 3.25. The molecule has 1 aromatic rings. The third-order valence-corrected chi connectivity index (χ3v) is 8.92. The van der Waals surface area contributed by atoms with E-state index in [4.69, 9.17) is 9.47 Å². The fourth-order valence-corrected chi connectivity index (χ4v) is 6.10. The van der Waals surface area contributed by atoms with Gasteiger partial charge in [0.15, 0.2) is 0 Å². The van der Waals surface area contributed by atoms with E-state index in [-0.39, 0.29) is 56.8 Å². The van der Waals surface area contributed by atoms with E-state index >= 15 is 0 Å². The molecule has 0 amide bonds. The van der Waals surface area contributed by atoms with Gasteiger partial charge in [0.1, 0.15) is 5.78 Å². The maximum atomic E-state index is 12.1. The van der Waals surface area contributed by atoms with E-state index in [9.17, 15) is 22.4 Å². The summed E-state index contributed by atoms with van der Waals surface area (Å²) in [5.41, 5.74) is -0.770. The summed E-state index contributed by atoms with van der Waals surface area (Å²) in [6.45, 7) is 18.5. The summed E-state index contributed by atoms with van der Waals surface area (Å²) in [7, 11) is 1.75. The van der Waals surface area contributed by atoms with Gasteiger partial charge in [-0.15, -0.1) is 12.1 Å². The average molecular weight is 639 g/mol. The number of ketones is 1. The molecule has 6 unspecified atom stereocenters. The Balaban J connectivity index is 0.000000557. The van der Waals surface area contributed by atoms with Crippen LogP contribution >= 0.6 is 0 Å². The Labute approximate surface area is 302 Å². The number of carbonyl (C=O) groups is 1. The Morgan fingerprint density at radius 1 is 1.26 bits per heavy atom. The van der Waals surface area contributed by atoms with E-state index in [0.717, 1.165) is 43.5 Å². The van der Waals surface area contributed by atoms with Crippen molar-refractivity contribution in [3.63, 3.8) is 0 Å². The number of unbranched alkanes of at least 4 members (excludes halogenated alkanes) is 2. The van der Waals surface area contributed by atoms with Gasteiger partial charge in [0, 0.05) is 24.9 Å². The molecule has 0 spiro atoms. The van der Waals surface area contributed by atoms with Gasteiger partial charge < -0.3 is 22.8 Å². The molecule has 1 aliphatic heterocycles. The van der Waals surface area contributed by atoms with Crippen molar-refractivity contribution in [2.45, 2.75) is 112 Å². The number of ether oxygens (including phenoxy) is 2. The molecule has 6 atom stereocenters. The van der Waals surface area contributed by atoms with E-state index in [1.165, 1.54) is 51.4 Å². The van der Waals surface area contributed by atoms with E-state index in [0.29, 0.717) is 35.9 Å². The van der Waals surface area contributed by atoms with E-state index in [1.54, 1.807) is 7.11 Å². The molecule has 0 bridgehead atoms. The van der Waals surface area contributed by atoms with Gasteiger partial charge in [-0.05, 0) is 62.7 Å². The number of carbonyl (C=O) groups excluding carboxylic acids is 1. The van der Waals surface area contributed by atoms with Crippen LogP contribution in [0.3, 0.4) is 0 Å². The van der Waals surface area contributed by atoms with Gasteiger partial charge in [0.25, 0.3) is 0 Å². The topological polar surface area (TPSA) is 35.5 Å². The number of benzene rings is 1. The number of halogens is 4. The SMILES string of the molecule is CC(=O)C12CCCC1CC(C(C)C)C2.COC1COCCC1C.Fc1[c-]cc(C(F)(F)F)cc1.[CH2-]C(C)C[CH-]CCC.[K+]. The fourth-order valence-electron chi connectivity index (χ4n) is 6.10. The minimum atomic E-state index is -4.41. The first-order valence-electron chi connectivity index (χ1n) is 15.7. The summed E-state index contributed by atoms with van der Waals surface area (Å²) >= 11 is 0. The van der Waals surface area contributed by atoms with Crippen molar-refractivity contribution in [2.75, 3.05) is 20.3 Å². The minimum Gasteiger partial charge on any atom is -0.379 e. The average Bonchev–Trinajstić information content (AvgIpc) is 3.50. The first-order valence-corrected chi connectivity index (χ1v) is 15.7. The van der Waals surface area contributed by atoms with E-state index in [2.05, 4.69) is 48.0 Å². The molecule has 0 radical (unpaired) electrons. The van der Waals surface area contributed by atoms with Gasteiger partial charge in [0.2, 0.25) is 0 Å². The molecule has 2 saturated carbocycles. The standard InChI is InChI=1S/C13H22O.C8H16.C7H3F4.C7H14O2.K/c1-9(2)11-7-12-5-4-6-13(12,8-11)10(3)14;1-4-5-6-7-8(2)3;8-6-3-1-5(2-4-6)7(9,10)11;1-6-3-4-9-5-7(6)8-2;/h9,11-12H,4-8H2,1-3H3;6,8H,2,4-5,7H2,1,3H3;1-3H;6-7H,3-5H2,1-2H3;/q;-2;-1;;+1. The molecule has 1 saturated heterocycles. The molecule has 2 aliphatic carbocycles. The summed E-state index contributed by atoms with van der Waals surface area (Å²) in [4.78, 5) is 11.8. The number of hydrogen-bond donors (Lipinski definition) is 0. The van der Waals surface area contributed by atoms with Crippen LogP contribution in [0, 0.1) is 60.2 Å². The van der Waals surface area contributed by atoms with Crippen LogP contribution in [0.2, 0.25) is 0 Å². The van der Waals surface area contributed by atoms with Gasteiger partial charge in [-0.25, -0.2) is 10.8 Å². The van der Waals surface area contributed by atoms with Crippen molar-refractivity contribution >= 4 is 5.78 Å². The van der Waals surface area contributed by atoms with Crippen molar-refractivity contribution in [1.82, 2.24) is 0 Å². The Morgan fingerprint density at radius 2 is 1.93 bits per heavy atom. The molecule has 244 valence electrons. The van der Waals surface area contributed by atoms with Crippen LogP contribution in [0.15, 0.2) is 18.2 Å².